The Kier molecular flexibility index (Phi) is 3.22. The third-order valence-electron chi connectivity index (χ3n) is 3.60. The monoisotopic (exact) mass is 319 g/mol. The zero-order valence-corrected chi connectivity index (χ0v) is 12.0. The molecule has 0 atom stereocenters. The lowest BCUT2D eigenvalue weighted by molar-refractivity contribution is 0.0946. The number of alkyl halides is 1. The van der Waals surface area contributed by atoms with E-state index < -0.39 is 0 Å². The minimum atomic E-state index is -0.0419. The molecule has 0 spiro atoms. The molecule has 0 radical (unpaired) electrons. The Morgan fingerprint density at radius 3 is 2.68 bits per heavy atom. The zero-order valence-electron chi connectivity index (χ0n) is 10.4. The Balaban J connectivity index is 1.74. The number of hydrogen-bond acceptors (Lipinski definition) is 3. The molecule has 98 valence electrons. The maximum Gasteiger partial charge on any atom is 0.251 e. The number of hydrogen-bond donors (Lipinski definition) is 1. The lowest BCUT2D eigenvalue weighted by atomic mass is 10.1. The number of rotatable bonds is 4. The van der Waals surface area contributed by atoms with E-state index >= 15 is 0 Å². The number of halogens is 1. The van der Waals surface area contributed by atoms with Crippen LogP contribution in [0.25, 0.3) is 11.0 Å². The SMILES string of the molecule is O=C(NCC1(CBr)CC1)c1ccc2nccnc2c1. The minimum Gasteiger partial charge on any atom is -0.351 e. The predicted molar refractivity (Wildman–Crippen MR) is 77.3 cm³/mol. The summed E-state index contributed by atoms with van der Waals surface area (Å²) in [5.41, 5.74) is 2.47. The quantitative estimate of drug-likeness (QED) is 0.881. The molecular formula is C14H14BrN3O. The summed E-state index contributed by atoms with van der Waals surface area (Å²) < 4.78 is 0. The lowest BCUT2D eigenvalue weighted by Crippen LogP contribution is -2.30. The van der Waals surface area contributed by atoms with Gasteiger partial charge in [0.2, 0.25) is 0 Å². The Morgan fingerprint density at radius 2 is 2.00 bits per heavy atom. The second kappa shape index (κ2) is 4.89. The first-order chi connectivity index (χ1) is 9.22. The fraction of sp³-hybridized carbons (Fsp3) is 0.357. The highest BCUT2D eigenvalue weighted by atomic mass is 79.9. The van der Waals surface area contributed by atoms with E-state index in [1.54, 1.807) is 24.5 Å². The van der Waals surface area contributed by atoms with Crippen molar-refractivity contribution >= 4 is 32.9 Å². The van der Waals surface area contributed by atoms with Crippen molar-refractivity contribution < 1.29 is 4.79 Å². The molecule has 1 aromatic heterocycles. The Morgan fingerprint density at radius 1 is 1.26 bits per heavy atom. The maximum absolute atomic E-state index is 12.1. The number of amides is 1. The number of fused-ring (bicyclic) bond motifs is 1. The van der Waals surface area contributed by atoms with Crippen LogP contribution in [-0.2, 0) is 0 Å². The van der Waals surface area contributed by atoms with Crippen molar-refractivity contribution in [2.24, 2.45) is 5.41 Å². The number of carbonyl (C=O) groups is 1. The largest absolute Gasteiger partial charge is 0.351 e. The summed E-state index contributed by atoms with van der Waals surface area (Å²) in [6, 6.07) is 5.40. The van der Waals surface area contributed by atoms with Crippen LogP contribution in [0.1, 0.15) is 23.2 Å². The molecule has 1 amide bonds. The molecule has 1 heterocycles. The van der Waals surface area contributed by atoms with Gasteiger partial charge in [-0.3, -0.25) is 14.8 Å². The van der Waals surface area contributed by atoms with Gasteiger partial charge in [-0.2, -0.15) is 0 Å². The van der Waals surface area contributed by atoms with E-state index in [0.717, 1.165) is 22.9 Å². The van der Waals surface area contributed by atoms with Crippen molar-refractivity contribution in [2.75, 3.05) is 11.9 Å². The molecular weight excluding hydrogens is 306 g/mol. The van der Waals surface area contributed by atoms with Crippen LogP contribution in [0.2, 0.25) is 0 Å². The van der Waals surface area contributed by atoms with Gasteiger partial charge in [0, 0.05) is 29.8 Å². The summed E-state index contributed by atoms with van der Waals surface area (Å²) in [5, 5.41) is 3.95. The van der Waals surface area contributed by atoms with Gasteiger partial charge in [-0.15, -0.1) is 0 Å². The summed E-state index contributed by atoms with van der Waals surface area (Å²) in [7, 11) is 0. The van der Waals surface area contributed by atoms with E-state index in [2.05, 4.69) is 31.2 Å². The third-order valence-corrected chi connectivity index (χ3v) is 4.79. The van der Waals surface area contributed by atoms with Gasteiger partial charge in [-0.25, -0.2) is 0 Å². The van der Waals surface area contributed by atoms with E-state index in [9.17, 15) is 4.79 Å². The highest BCUT2D eigenvalue weighted by Gasteiger charge is 2.41. The summed E-state index contributed by atoms with van der Waals surface area (Å²) in [6.07, 6.45) is 5.65. The van der Waals surface area contributed by atoms with Crippen LogP contribution in [0.5, 0.6) is 0 Å². The van der Waals surface area contributed by atoms with Crippen molar-refractivity contribution in [3.05, 3.63) is 36.2 Å². The first-order valence-electron chi connectivity index (χ1n) is 6.27. The van der Waals surface area contributed by atoms with Crippen LogP contribution in [-0.4, -0.2) is 27.7 Å². The van der Waals surface area contributed by atoms with Crippen LogP contribution < -0.4 is 5.32 Å². The molecule has 1 aliphatic carbocycles. The first-order valence-corrected chi connectivity index (χ1v) is 7.40. The van der Waals surface area contributed by atoms with E-state index in [1.165, 1.54) is 12.8 Å². The van der Waals surface area contributed by atoms with Gasteiger partial charge in [0.1, 0.15) is 0 Å². The number of benzene rings is 1. The highest BCUT2D eigenvalue weighted by Crippen LogP contribution is 2.46. The zero-order chi connectivity index (χ0) is 13.3. The average Bonchev–Trinajstić information content (AvgIpc) is 3.25. The molecule has 1 aromatic carbocycles. The van der Waals surface area contributed by atoms with Crippen LogP contribution in [0.3, 0.4) is 0 Å². The molecule has 0 aliphatic heterocycles. The summed E-state index contributed by atoms with van der Waals surface area (Å²) in [5.74, 6) is -0.0419. The fourth-order valence-corrected chi connectivity index (χ4v) is 2.77. The molecule has 1 saturated carbocycles. The van der Waals surface area contributed by atoms with Crippen LogP contribution in [0.4, 0.5) is 0 Å². The number of aromatic nitrogens is 2. The van der Waals surface area contributed by atoms with Gasteiger partial charge >= 0.3 is 0 Å². The van der Waals surface area contributed by atoms with E-state index in [1.807, 2.05) is 6.07 Å². The lowest BCUT2D eigenvalue weighted by Gasteiger charge is -2.12. The Bertz CT molecular complexity index is 625. The molecule has 0 unspecified atom stereocenters. The summed E-state index contributed by atoms with van der Waals surface area (Å²) >= 11 is 3.50. The summed E-state index contributed by atoms with van der Waals surface area (Å²) in [6.45, 7) is 0.732. The van der Waals surface area contributed by atoms with Crippen molar-refractivity contribution in [3.8, 4) is 0 Å². The second-order valence-corrected chi connectivity index (χ2v) is 5.64. The number of nitrogens with one attached hydrogen (secondary N) is 1. The Hall–Kier alpha value is -1.49. The normalized spacial score (nSPS) is 16.3. The average molecular weight is 320 g/mol. The van der Waals surface area contributed by atoms with Gasteiger partial charge in [-0.1, -0.05) is 15.9 Å². The molecule has 0 saturated heterocycles. The third kappa shape index (κ3) is 2.61. The first kappa shape index (κ1) is 12.5. The standard InChI is InChI=1S/C14H14BrN3O/c15-8-14(3-4-14)9-18-13(19)10-1-2-11-12(7-10)17-6-5-16-11/h1-2,5-7H,3-4,8-9H2,(H,18,19). The molecule has 4 nitrogen and oxygen atoms in total. The van der Waals surface area contributed by atoms with Crippen molar-refractivity contribution in [1.82, 2.24) is 15.3 Å². The van der Waals surface area contributed by atoms with Crippen LogP contribution >= 0.6 is 15.9 Å². The van der Waals surface area contributed by atoms with Gasteiger partial charge in [0.05, 0.1) is 11.0 Å². The van der Waals surface area contributed by atoms with E-state index in [4.69, 9.17) is 0 Å². The predicted octanol–water partition coefficient (Wildman–Crippen LogP) is 2.53. The Labute approximate surface area is 119 Å². The topological polar surface area (TPSA) is 54.9 Å². The second-order valence-electron chi connectivity index (χ2n) is 5.08. The van der Waals surface area contributed by atoms with E-state index in [0.29, 0.717) is 5.56 Å². The molecule has 19 heavy (non-hydrogen) atoms. The van der Waals surface area contributed by atoms with Crippen molar-refractivity contribution in [3.63, 3.8) is 0 Å². The van der Waals surface area contributed by atoms with Crippen LogP contribution in [0.15, 0.2) is 30.6 Å². The molecule has 2 aromatic rings. The van der Waals surface area contributed by atoms with Gasteiger partial charge in [-0.05, 0) is 36.5 Å². The molecule has 1 N–H and O–H groups in total. The fourth-order valence-electron chi connectivity index (χ4n) is 2.01. The van der Waals surface area contributed by atoms with Gasteiger partial charge in [0.25, 0.3) is 5.91 Å². The molecule has 3 rings (SSSR count). The van der Waals surface area contributed by atoms with Gasteiger partial charge in [0.15, 0.2) is 0 Å². The van der Waals surface area contributed by atoms with E-state index in [-0.39, 0.29) is 11.3 Å². The maximum atomic E-state index is 12.1. The van der Waals surface area contributed by atoms with Crippen LogP contribution in [0, 0.1) is 5.41 Å². The molecule has 1 fully saturated rings. The number of nitrogens with zero attached hydrogens (tertiary/aromatic N) is 2. The van der Waals surface area contributed by atoms with Crippen molar-refractivity contribution in [2.45, 2.75) is 12.8 Å². The summed E-state index contributed by atoms with van der Waals surface area (Å²) in [4.78, 5) is 20.5. The van der Waals surface area contributed by atoms with Gasteiger partial charge < -0.3 is 5.32 Å². The van der Waals surface area contributed by atoms with Crippen molar-refractivity contribution in [1.29, 1.82) is 0 Å². The number of carbonyl (C=O) groups excluding carboxylic acids is 1. The highest BCUT2D eigenvalue weighted by molar-refractivity contribution is 9.09. The molecule has 5 heteroatoms. The molecule has 1 aliphatic rings. The smallest absolute Gasteiger partial charge is 0.251 e. The minimum absolute atomic E-state index is 0.0419. The molecule has 0 bridgehead atoms.